The summed E-state index contributed by atoms with van der Waals surface area (Å²) in [5.41, 5.74) is 1.68. The van der Waals surface area contributed by atoms with Gasteiger partial charge in [-0.15, -0.1) is 0 Å². The Balaban J connectivity index is 1.74. The number of halogens is 3. The molecule has 0 atom stereocenters. The van der Waals surface area contributed by atoms with E-state index in [1.165, 1.54) is 0 Å². The van der Waals surface area contributed by atoms with Gasteiger partial charge in [0, 0.05) is 10.6 Å². The fraction of sp³-hybridized carbons (Fsp3) is 0.0588. The summed E-state index contributed by atoms with van der Waals surface area (Å²) in [4.78, 5) is 0. The molecule has 5 heteroatoms. The van der Waals surface area contributed by atoms with Gasteiger partial charge in [0.15, 0.2) is 0 Å². The van der Waals surface area contributed by atoms with Crippen LogP contribution in [-0.4, -0.2) is 0 Å². The van der Waals surface area contributed by atoms with Crippen LogP contribution in [0.4, 0.5) is 5.69 Å². The Morgan fingerprint density at radius 2 is 1.68 bits per heavy atom. The van der Waals surface area contributed by atoms with Gasteiger partial charge in [-0.2, -0.15) is 0 Å². The topological polar surface area (TPSA) is 25.2 Å². The minimum atomic E-state index is 0.520. The van der Waals surface area contributed by atoms with Crippen molar-refractivity contribution in [1.82, 2.24) is 0 Å². The lowest BCUT2D eigenvalue weighted by molar-refractivity contribution is 0.531. The largest absolute Gasteiger partial charge is 0.459 e. The molecule has 0 fully saturated rings. The van der Waals surface area contributed by atoms with E-state index in [1.807, 2.05) is 42.5 Å². The molecule has 112 valence electrons. The molecule has 1 heterocycles. The van der Waals surface area contributed by atoms with Crippen molar-refractivity contribution in [2.75, 3.05) is 5.32 Å². The van der Waals surface area contributed by atoms with Gasteiger partial charge in [0.25, 0.3) is 0 Å². The predicted octanol–water partition coefficient (Wildman–Crippen LogP) is 6.52. The summed E-state index contributed by atoms with van der Waals surface area (Å²) >= 11 is 18.2. The second-order valence-electron chi connectivity index (χ2n) is 4.72. The molecular weight excluding hydrogens is 341 g/mol. The third-order valence-corrected chi connectivity index (χ3v) is 4.06. The van der Waals surface area contributed by atoms with E-state index in [2.05, 4.69) is 5.32 Å². The van der Waals surface area contributed by atoms with Gasteiger partial charge in [-0.25, -0.2) is 0 Å². The first kappa shape index (κ1) is 15.3. The molecule has 22 heavy (non-hydrogen) atoms. The summed E-state index contributed by atoms with van der Waals surface area (Å²) in [5, 5.41) is 5.06. The van der Waals surface area contributed by atoms with Gasteiger partial charge in [-0.3, -0.25) is 0 Å². The number of hydrogen-bond acceptors (Lipinski definition) is 2. The molecule has 3 rings (SSSR count). The summed E-state index contributed by atoms with van der Waals surface area (Å²) < 4.78 is 5.82. The zero-order chi connectivity index (χ0) is 15.5. The van der Waals surface area contributed by atoms with Crippen molar-refractivity contribution in [1.29, 1.82) is 0 Å². The lowest BCUT2D eigenvalue weighted by Gasteiger charge is -2.07. The van der Waals surface area contributed by atoms with Crippen molar-refractivity contribution in [2.24, 2.45) is 0 Å². The van der Waals surface area contributed by atoms with Crippen LogP contribution in [0.15, 0.2) is 59.0 Å². The summed E-state index contributed by atoms with van der Waals surface area (Å²) in [6.07, 6.45) is 0. The number of hydrogen-bond donors (Lipinski definition) is 1. The van der Waals surface area contributed by atoms with Crippen molar-refractivity contribution >= 4 is 40.5 Å². The molecule has 0 amide bonds. The van der Waals surface area contributed by atoms with Gasteiger partial charge in [0.05, 0.1) is 22.3 Å². The molecule has 0 saturated carbocycles. The molecule has 0 aliphatic rings. The Hall–Kier alpha value is -1.61. The quantitative estimate of drug-likeness (QED) is 0.578. The van der Waals surface area contributed by atoms with Crippen LogP contribution >= 0.6 is 34.8 Å². The minimum Gasteiger partial charge on any atom is -0.459 e. The van der Waals surface area contributed by atoms with Crippen molar-refractivity contribution in [3.8, 4) is 11.3 Å². The SMILES string of the molecule is Clc1ccc(NCc2ccc(-c3ccccc3Cl)o2)c(Cl)c1. The smallest absolute Gasteiger partial charge is 0.135 e. The predicted molar refractivity (Wildman–Crippen MR) is 92.9 cm³/mol. The number of furan rings is 1. The van der Waals surface area contributed by atoms with Gasteiger partial charge in [-0.05, 0) is 42.5 Å². The van der Waals surface area contributed by atoms with Crippen LogP contribution in [0.5, 0.6) is 0 Å². The molecule has 0 aliphatic heterocycles. The van der Waals surface area contributed by atoms with Crippen molar-refractivity contribution in [3.63, 3.8) is 0 Å². The number of nitrogens with one attached hydrogen (secondary N) is 1. The molecule has 0 spiro atoms. The molecular formula is C17H12Cl3NO. The average molecular weight is 353 g/mol. The Bertz CT molecular complexity index is 798. The van der Waals surface area contributed by atoms with Gasteiger partial charge in [0.1, 0.15) is 11.5 Å². The first-order chi connectivity index (χ1) is 10.6. The van der Waals surface area contributed by atoms with E-state index < -0.39 is 0 Å². The molecule has 0 radical (unpaired) electrons. The van der Waals surface area contributed by atoms with Crippen LogP contribution < -0.4 is 5.32 Å². The first-order valence-electron chi connectivity index (χ1n) is 6.66. The van der Waals surface area contributed by atoms with Crippen LogP contribution in [-0.2, 0) is 6.54 Å². The number of anilines is 1. The van der Waals surface area contributed by atoms with E-state index in [4.69, 9.17) is 39.2 Å². The molecule has 0 saturated heterocycles. The van der Waals surface area contributed by atoms with Crippen molar-refractivity contribution in [3.05, 3.63) is 75.4 Å². The van der Waals surface area contributed by atoms with E-state index >= 15 is 0 Å². The molecule has 2 aromatic carbocycles. The lowest BCUT2D eigenvalue weighted by Crippen LogP contribution is -1.98. The van der Waals surface area contributed by atoms with Crippen LogP contribution in [0.1, 0.15) is 5.76 Å². The normalized spacial score (nSPS) is 10.7. The maximum atomic E-state index is 6.17. The van der Waals surface area contributed by atoms with Crippen molar-refractivity contribution < 1.29 is 4.42 Å². The number of rotatable bonds is 4. The third-order valence-electron chi connectivity index (χ3n) is 3.19. The van der Waals surface area contributed by atoms with Gasteiger partial charge in [-0.1, -0.05) is 46.9 Å². The van der Waals surface area contributed by atoms with E-state index in [1.54, 1.807) is 12.1 Å². The maximum absolute atomic E-state index is 6.17. The Morgan fingerprint density at radius 1 is 0.864 bits per heavy atom. The summed E-state index contributed by atoms with van der Waals surface area (Å²) in [7, 11) is 0. The zero-order valence-corrected chi connectivity index (χ0v) is 13.7. The van der Waals surface area contributed by atoms with E-state index in [0.717, 1.165) is 22.8 Å². The molecule has 0 aliphatic carbocycles. The standard InChI is InChI=1S/C17H12Cl3NO/c18-11-5-7-16(15(20)9-11)21-10-12-6-8-17(22-12)13-3-1-2-4-14(13)19/h1-9,21H,10H2. The summed E-state index contributed by atoms with van der Waals surface area (Å²) in [6, 6.07) is 16.7. The fourth-order valence-electron chi connectivity index (χ4n) is 2.09. The van der Waals surface area contributed by atoms with Crippen LogP contribution in [0.2, 0.25) is 15.1 Å². The van der Waals surface area contributed by atoms with E-state index in [0.29, 0.717) is 21.6 Å². The second-order valence-corrected chi connectivity index (χ2v) is 5.97. The molecule has 2 nitrogen and oxygen atoms in total. The highest BCUT2D eigenvalue weighted by atomic mass is 35.5. The van der Waals surface area contributed by atoms with Crippen LogP contribution in [0.3, 0.4) is 0 Å². The molecule has 3 aromatic rings. The average Bonchev–Trinajstić information content (AvgIpc) is 2.95. The van der Waals surface area contributed by atoms with E-state index in [-0.39, 0.29) is 0 Å². The zero-order valence-electron chi connectivity index (χ0n) is 11.4. The first-order valence-corrected chi connectivity index (χ1v) is 7.79. The Labute approximate surface area is 143 Å². The highest BCUT2D eigenvalue weighted by molar-refractivity contribution is 6.36. The van der Waals surface area contributed by atoms with Gasteiger partial charge < -0.3 is 9.73 Å². The van der Waals surface area contributed by atoms with Gasteiger partial charge >= 0.3 is 0 Å². The highest BCUT2D eigenvalue weighted by Gasteiger charge is 2.08. The Morgan fingerprint density at radius 3 is 2.45 bits per heavy atom. The fourth-order valence-corrected chi connectivity index (χ4v) is 2.80. The minimum absolute atomic E-state index is 0.520. The third kappa shape index (κ3) is 3.41. The summed E-state index contributed by atoms with van der Waals surface area (Å²) in [6.45, 7) is 0.520. The molecule has 1 N–H and O–H groups in total. The molecule has 0 bridgehead atoms. The highest BCUT2D eigenvalue weighted by Crippen LogP contribution is 2.30. The van der Waals surface area contributed by atoms with Crippen LogP contribution in [0, 0.1) is 0 Å². The lowest BCUT2D eigenvalue weighted by atomic mass is 10.2. The second kappa shape index (κ2) is 6.66. The van der Waals surface area contributed by atoms with Crippen molar-refractivity contribution in [2.45, 2.75) is 6.54 Å². The number of benzene rings is 2. The maximum Gasteiger partial charge on any atom is 0.135 e. The van der Waals surface area contributed by atoms with Gasteiger partial charge in [0.2, 0.25) is 0 Å². The Kier molecular flexibility index (Phi) is 4.63. The van der Waals surface area contributed by atoms with E-state index in [9.17, 15) is 0 Å². The van der Waals surface area contributed by atoms with Crippen LogP contribution in [0.25, 0.3) is 11.3 Å². The molecule has 1 aromatic heterocycles. The summed E-state index contributed by atoms with van der Waals surface area (Å²) in [5.74, 6) is 1.53. The molecule has 0 unspecified atom stereocenters. The monoisotopic (exact) mass is 351 g/mol.